The summed E-state index contributed by atoms with van der Waals surface area (Å²) in [7, 11) is 3.83. The largest absolute Gasteiger partial charge is 0.325 e. The second-order valence-corrected chi connectivity index (χ2v) is 4.81. The summed E-state index contributed by atoms with van der Waals surface area (Å²) in [5.41, 5.74) is 0.820. The van der Waals surface area contributed by atoms with Crippen LogP contribution in [0.4, 0.5) is 5.69 Å². The predicted molar refractivity (Wildman–Crippen MR) is 74.2 cm³/mol. The Hall–Kier alpha value is -0.910. The van der Waals surface area contributed by atoms with Crippen LogP contribution in [-0.4, -0.2) is 44.5 Å². The standard InChI is InChI=1S/C12H18BrN3O/c1-14-7-8-16(2)9-12(17)15-11-5-3-10(13)4-6-11/h3-6,14H,7-9H2,1-2H3,(H,15,17). The highest BCUT2D eigenvalue weighted by molar-refractivity contribution is 9.10. The van der Waals surface area contributed by atoms with Crippen LogP contribution in [0, 0.1) is 0 Å². The van der Waals surface area contributed by atoms with Gasteiger partial charge in [-0.05, 0) is 38.4 Å². The number of anilines is 1. The normalized spacial score (nSPS) is 10.6. The Morgan fingerprint density at radius 2 is 2.00 bits per heavy atom. The third-order valence-electron chi connectivity index (χ3n) is 2.29. The van der Waals surface area contributed by atoms with Gasteiger partial charge in [0.1, 0.15) is 0 Å². The van der Waals surface area contributed by atoms with E-state index in [1.54, 1.807) is 0 Å². The average Bonchev–Trinajstić information content (AvgIpc) is 2.29. The van der Waals surface area contributed by atoms with Crippen molar-refractivity contribution in [1.29, 1.82) is 0 Å². The lowest BCUT2D eigenvalue weighted by Crippen LogP contribution is -2.34. The Labute approximate surface area is 111 Å². The fraction of sp³-hybridized carbons (Fsp3) is 0.417. The maximum Gasteiger partial charge on any atom is 0.238 e. The minimum Gasteiger partial charge on any atom is -0.325 e. The number of nitrogens with one attached hydrogen (secondary N) is 2. The molecule has 0 atom stereocenters. The molecule has 0 aromatic heterocycles. The Bertz CT molecular complexity index is 353. The fourth-order valence-electron chi connectivity index (χ4n) is 1.36. The number of amides is 1. The van der Waals surface area contributed by atoms with E-state index in [4.69, 9.17) is 0 Å². The van der Waals surface area contributed by atoms with E-state index in [9.17, 15) is 4.79 Å². The maximum atomic E-state index is 11.7. The van der Waals surface area contributed by atoms with Gasteiger partial charge in [0.05, 0.1) is 6.54 Å². The third-order valence-corrected chi connectivity index (χ3v) is 2.81. The lowest BCUT2D eigenvalue weighted by atomic mass is 10.3. The van der Waals surface area contributed by atoms with E-state index in [2.05, 4.69) is 26.6 Å². The van der Waals surface area contributed by atoms with Crippen molar-refractivity contribution >= 4 is 27.5 Å². The highest BCUT2D eigenvalue weighted by atomic mass is 79.9. The van der Waals surface area contributed by atoms with Gasteiger partial charge in [0, 0.05) is 23.2 Å². The van der Waals surface area contributed by atoms with Crippen LogP contribution in [0.25, 0.3) is 0 Å². The van der Waals surface area contributed by atoms with E-state index >= 15 is 0 Å². The summed E-state index contributed by atoms with van der Waals surface area (Å²) in [6, 6.07) is 7.55. The molecule has 0 fully saturated rings. The number of carbonyl (C=O) groups is 1. The highest BCUT2D eigenvalue weighted by Crippen LogP contribution is 2.13. The molecular weight excluding hydrogens is 282 g/mol. The molecule has 1 aromatic carbocycles. The smallest absolute Gasteiger partial charge is 0.238 e. The van der Waals surface area contributed by atoms with Crippen molar-refractivity contribution in [2.75, 3.05) is 39.0 Å². The zero-order valence-electron chi connectivity index (χ0n) is 10.2. The number of carbonyl (C=O) groups excluding carboxylic acids is 1. The first-order chi connectivity index (χ1) is 8.11. The van der Waals surface area contributed by atoms with Crippen LogP contribution >= 0.6 is 15.9 Å². The van der Waals surface area contributed by atoms with Crippen molar-refractivity contribution in [2.24, 2.45) is 0 Å². The van der Waals surface area contributed by atoms with Gasteiger partial charge in [0.2, 0.25) is 5.91 Å². The number of nitrogens with zero attached hydrogens (tertiary/aromatic N) is 1. The van der Waals surface area contributed by atoms with Gasteiger partial charge >= 0.3 is 0 Å². The van der Waals surface area contributed by atoms with E-state index in [0.29, 0.717) is 6.54 Å². The second-order valence-electron chi connectivity index (χ2n) is 3.90. The fourth-order valence-corrected chi connectivity index (χ4v) is 1.62. The Balaban J connectivity index is 2.36. The van der Waals surface area contributed by atoms with E-state index < -0.39 is 0 Å². The Kier molecular flexibility index (Phi) is 6.18. The summed E-state index contributed by atoms with van der Waals surface area (Å²) >= 11 is 3.35. The van der Waals surface area contributed by atoms with Gasteiger partial charge in [-0.15, -0.1) is 0 Å². The molecule has 0 heterocycles. The molecular formula is C12H18BrN3O. The zero-order valence-corrected chi connectivity index (χ0v) is 11.8. The van der Waals surface area contributed by atoms with Crippen molar-refractivity contribution < 1.29 is 4.79 Å². The van der Waals surface area contributed by atoms with E-state index in [1.165, 1.54) is 0 Å². The summed E-state index contributed by atoms with van der Waals surface area (Å²) in [5.74, 6) is 0.00549. The maximum absolute atomic E-state index is 11.7. The van der Waals surface area contributed by atoms with Crippen molar-refractivity contribution in [3.8, 4) is 0 Å². The Morgan fingerprint density at radius 3 is 2.59 bits per heavy atom. The summed E-state index contributed by atoms with van der Waals surface area (Å²) in [4.78, 5) is 13.7. The molecule has 0 bridgehead atoms. The highest BCUT2D eigenvalue weighted by Gasteiger charge is 2.06. The third kappa shape index (κ3) is 5.81. The molecule has 1 aromatic rings. The number of likely N-dealkylation sites (N-methyl/N-ethyl adjacent to an activating group) is 2. The number of hydrogen-bond acceptors (Lipinski definition) is 3. The van der Waals surface area contributed by atoms with Crippen LogP contribution in [0.5, 0.6) is 0 Å². The molecule has 2 N–H and O–H groups in total. The zero-order chi connectivity index (χ0) is 12.7. The predicted octanol–water partition coefficient (Wildman–Crippen LogP) is 1.54. The van der Waals surface area contributed by atoms with Crippen LogP contribution in [-0.2, 0) is 4.79 Å². The second kappa shape index (κ2) is 7.42. The molecule has 0 aliphatic rings. The van der Waals surface area contributed by atoms with Crippen LogP contribution in [0.1, 0.15) is 0 Å². The first-order valence-electron chi connectivity index (χ1n) is 5.50. The minimum atomic E-state index is 0.00549. The van der Waals surface area contributed by atoms with Crippen LogP contribution in [0.3, 0.4) is 0 Å². The molecule has 0 saturated carbocycles. The van der Waals surface area contributed by atoms with Gasteiger partial charge < -0.3 is 10.6 Å². The van der Waals surface area contributed by atoms with Crippen LogP contribution in [0.15, 0.2) is 28.7 Å². The van der Waals surface area contributed by atoms with Gasteiger partial charge in [-0.2, -0.15) is 0 Å². The quantitative estimate of drug-likeness (QED) is 0.837. The monoisotopic (exact) mass is 299 g/mol. The van der Waals surface area contributed by atoms with Gasteiger partial charge in [-0.3, -0.25) is 9.69 Å². The summed E-state index contributed by atoms with van der Waals surface area (Å²) in [6.07, 6.45) is 0. The molecule has 1 amide bonds. The average molecular weight is 300 g/mol. The molecule has 0 spiro atoms. The first kappa shape index (κ1) is 14.2. The number of halogens is 1. The lowest BCUT2D eigenvalue weighted by Gasteiger charge is -2.15. The molecule has 5 heteroatoms. The van der Waals surface area contributed by atoms with Gasteiger partial charge in [0.25, 0.3) is 0 Å². The number of rotatable bonds is 6. The molecule has 0 unspecified atom stereocenters. The summed E-state index contributed by atoms with van der Waals surface area (Å²) in [6.45, 7) is 2.13. The van der Waals surface area contributed by atoms with Crippen molar-refractivity contribution in [2.45, 2.75) is 0 Å². The lowest BCUT2D eigenvalue weighted by molar-refractivity contribution is -0.117. The van der Waals surface area contributed by atoms with E-state index in [0.717, 1.165) is 23.2 Å². The molecule has 0 saturated heterocycles. The van der Waals surface area contributed by atoms with Crippen LogP contribution < -0.4 is 10.6 Å². The number of hydrogen-bond donors (Lipinski definition) is 2. The Morgan fingerprint density at radius 1 is 1.35 bits per heavy atom. The molecule has 0 radical (unpaired) electrons. The molecule has 0 aliphatic carbocycles. The summed E-state index contributed by atoms with van der Waals surface area (Å²) < 4.78 is 1.00. The summed E-state index contributed by atoms with van der Waals surface area (Å²) in [5, 5.41) is 5.90. The SMILES string of the molecule is CNCCN(C)CC(=O)Nc1ccc(Br)cc1. The van der Waals surface area contributed by atoms with Gasteiger partial charge in [-0.25, -0.2) is 0 Å². The first-order valence-corrected chi connectivity index (χ1v) is 6.29. The van der Waals surface area contributed by atoms with E-state index in [-0.39, 0.29) is 5.91 Å². The molecule has 4 nitrogen and oxygen atoms in total. The van der Waals surface area contributed by atoms with Crippen LogP contribution in [0.2, 0.25) is 0 Å². The molecule has 0 aliphatic heterocycles. The van der Waals surface area contributed by atoms with Gasteiger partial charge in [-0.1, -0.05) is 15.9 Å². The minimum absolute atomic E-state index is 0.00549. The topological polar surface area (TPSA) is 44.4 Å². The number of benzene rings is 1. The molecule has 94 valence electrons. The van der Waals surface area contributed by atoms with Crippen molar-refractivity contribution in [3.63, 3.8) is 0 Å². The molecule has 17 heavy (non-hydrogen) atoms. The van der Waals surface area contributed by atoms with E-state index in [1.807, 2.05) is 43.3 Å². The van der Waals surface area contributed by atoms with Crippen molar-refractivity contribution in [1.82, 2.24) is 10.2 Å². The van der Waals surface area contributed by atoms with Gasteiger partial charge in [0.15, 0.2) is 0 Å². The van der Waals surface area contributed by atoms with Crippen molar-refractivity contribution in [3.05, 3.63) is 28.7 Å². The molecule has 1 rings (SSSR count).